The van der Waals surface area contributed by atoms with Gasteiger partial charge in [-0.25, -0.2) is 5.48 Å². The molecule has 2 rings (SSSR count). The molecule has 0 unspecified atom stereocenters. The average Bonchev–Trinajstić information content (AvgIpc) is 2.80. The Kier molecular flexibility index (Phi) is 9.81. The molecule has 8 heteroatoms. The quantitative estimate of drug-likeness (QED) is 0.315. The Morgan fingerprint density at radius 3 is 2.16 bits per heavy atom. The molecule has 32 heavy (non-hydrogen) atoms. The van der Waals surface area contributed by atoms with Crippen LogP contribution in [0.2, 0.25) is 0 Å². The fraction of sp³-hybridized carbons (Fsp3) is 0.417. The van der Waals surface area contributed by atoms with Gasteiger partial charge in [-0.05, 0) is 35.6 Å². The number of hydrogen-bond donors (Lipinski definition) is 4. The van der Waals surface area contributed by atoms with Crippen LogP contribution in [0.1, 0.15) is 38.3 Å². The summed E-state index contributed by atoms with van der Waals surface area (Å²) in [4.78, 5) is 42.1. The molecule has 1 heterocycles. The average molecular weight is 441 g/mol. The van der Waals surface area contributed by atoms with Crippen LogP contribution in [-0.4, -0.2) is 34.0 Å². The van der Waals surface area contributed by atoms with Gasteiger partial charge in [-0.3, -0.25) is 24.6 Å². The first-order valence-electron chi connectivity index (χ1n) is 10.8. The molecule has 0 bridgehead atoms. The van der Waals surface area contributed by atoms with Crippen LogP contribution in [0.15, 0.2) is 54.9 Å². The van der Waals surface area contributed by atoms with Crippen LogP contribution in [0.25, 0.3) is 0 Å². The number of pyridine rings is 1. The number of nitrogens with one attached hydrogen (secondary N) is 3. The minimum atomic E-state index is -0.814. The zero-order chi connectivity index (χ0) is 23.5. The lowest BCUT2D eigenvalue weighted by Gasteiger charge is -2.26. The lowest BCUT2D eigenvalue weighted by atomic mass is 9.85. The van der Waals surface area contributed by atoms with Gasteiger partial charge >= 0.3 is 0 Å². The third kappa shape index (κ3) is 7.77. The van der Waals surface area contributed by atoms with E-state index in [-0.39, 0.29) is 11.8 Å². The summed E-state index contributed by atoms with van der Waals surface area (Å²) in [6, 6.07) is 12.2. The monoisotopic (exact) mass is 440 g/mol. The molecule has 0 aliphatic carbocycles. The van der Waals surface area contributed by atoms with E-state index in [1.54, 1.807) is 36.9 Å². The lowest BCUT2D eigenvalue weighted by Crippen LogP contribution is -2.51. The Bertz CT molecular complexity index is 874. The van der Waals surface area contributed by atoms with Crippen LogP contribution < -0.4 is 16.1 Å². The van der Waals surface area contributed by atoms with Crippen molar-refractivity contribution in [3.8, 4) is 0 Å². The standard InChI is InChI=1S/C24H32N4O4/c1-16(2)13-20(17(3)22(29)28-32)23(30)27-21(14-18-7-5-4-6-8-18)24(31)26-15-19-9-11-25-12-10-19/h4-12,16-17,20-21,32H,13-15H2,1-3H3,(H,26,31)(H,27,30)(H,28,29)/t17-,20+,21-/m0/s1. The van der Waals surface area contributed by atoms with Gasteiger partial charge in [0.25, 0.3) is 0 Å². The van der Waals surface area contributed by atoms with Crippen molar-refractivity contribution in [3.63, 3.8) is 0 Å². The molecule has 0 aliphatic rings. The van der Waals surface area contributed by atoms with Crippen molar-refractivity contribution >= 4 is 17.7 Å². The third-order valence-electron chi connectivity index (χ3n) is 5.32. The fourth-order valence-electron chi connectivity index (χ4n) is 3.48. The van der Waals surface area contributed by atoms with Crippen molar-refractivity contribution in [1.82, 2.24) is 21.1 Å². The van der Waals surface area contributed by atoms with Crippen LogP contribution in [-0.2, 0) is 27.3 Å². The zero-order valence-corrected chi connectivity index (χ0v) is 18.7. The smallest absolute Gasteiger partial charge is 0.246 e. The first kappa shape index (κ1) is 25.0. The second kappa shape index (κ2) is 12.6. The van der Waals surface area contributed by atoms with Crippen molar-refractivity contribution in [3.05, 3.63) is 66.0 Å². The number of hydrogen-bond acceptors (Lipinski definition) is 5. The van der Waals surface area contributed by atoms with Crippen LogP contribution in [0, 0.1) is 17.8 Å². The Balaban J connectivity index is 2.18. The number of benzene rings is 1. The van der Waals surface area contributed by atoms with Crippen LogP contribution in [0.5, 0.6) is 0 Å². The van der Waals surface area contributed by atoms with Gasteiger partial charge in [0, 0.05) is 37.2 Å². The Morgan fingerprint density at radius 1 is 0.906 bits per heavy atom. The van der Waals surface area contributed by atoms with Crippen LogP contribution >= 0.6 is 0 Å². The molecular formula is C24H32N4O4. The minimum absolute atomic E-state index is 0.146. The zero-order valence-electron chi connectivity index (χ0n) is 18.7. The second-order valence-corrected chi connectivity index (χ2v) is 8.32. The highest BCUT2D eigenvalue weighted by molar-refractivity contribution is 5.91. The number of hydroxylamine groups is 1. The van der Waals surface area contributed by atoms with Crippen LogP contribution in [0.4, 0.5) is 0 Å². The van der Waals surface area contributed by atoms with E-state index in [1.807, 2.05) is 44.2 Å². The molecule has 4 N–H and O–H groups in total. The number of rotatable bonds is 11. The van der Waals surface area contributed by atoms with Crippen LogP contribution in [0.3, 0.4) is 0 Å². The molecule has 1 aromatic carbocycles. The molecule has 0 saturated heterocycles. The second-order valence-electron chi connectivity index (χ2n) is 8.32. The molecule has 2 aromatic rings. The first-order valence-corrected chi connectivity index (χ1v) is 10.8. The van der Waals surface area contributed by atoms with E-state index >= 15 is 0 Å². The largest absolute Gasteiger partial charge is 0.350 e. The topological polar surface area (TPSA) is 120 Å². The van der Waals surface area contributed by atoms with Gasteiger partial charge in [-0.1, -0.05) is 51.1 Å². The Labute approximate surface area is 188 Å². The lowest BCUT2D eigenvalue weighted by molar-refractivity contribution is -0.141. The third-order valence-corrected chi connectivity index (χ3v) is 5.32. The number of nitrogens with zero attached hydrogens (tertiary/aromatic N) is 1. The maximum absolute atomic E-state index is 13.2. The Hall–Kier alpha value is -3.26. The maximum atomic E-state index is 13.2. The number of carbonyl (C=O) groups excluding carboxylic acids is 3. The molecule has 8 nitrogen and oxygen atoms in total. The van der Waals surface area contributed by atoms with E-state index in [9.17, 15) is 14.4 Å². The predicted octanol–water partition coefficient (Wildman–Crippen LogP) is 2.23. The first-order chi connectivity index (χ1) is 15.3. The van der Waals surface area contributed by atoms with E-state index in [4.69, 9.17) is 5.21 Å². The highest BCUT2D eigenvalue weighted by atomic mass is 16.5. The molecule has 1 aromatic heterocycles. The van der Waals surface area contributed by atoms with Crippen molar-refractivity contribution < 1.29 is 19.6 Å². The molecule has 3 amide bonds. The predicted molar refractivity (Wildman–Crippen MR) is 120 cm³/mol. The molecule has 0 spiro atoms. The molecular weight excluding hydrogens is 408 g/mol. The summed E-state index contributed by atoms with van der Waals surface area (Å²) in [5.74, 6) is -2.63. The normalized spacial score (nSPS) is 13.7. The molecule has 0 fully saturated rings. The minimum Gasteiger partial charge on any atom is -0.350 e. The van der Waals surface area contributed by atoms with Gasteiger partial charge in [0.15, 0.2) is 0 Å². The Morgan fingerprint density at radius 2 is 1.56 bits per heavy atom. The van der Waals surface area contributed by atoms with Crippen molar-refractivity contribution in [2.75, 3.05) is 0 Å². The summed E-state index contributed by atoms with van der Waals surface area (Å²) in [5.41, 5.74) is 3.42. The van der Waals surface area contributed by atoms with Gasteiger partial charge in [-0.2, -0.15) is 0 Å². The van der Waals surface area contributed by atoms with E-state index in [1.165, 1.54) is 0 Å². The highest BCUT2D eigenvalue weighted by Gasteiger charge is 2.33. The van der Waals surface area contributed by atoms with E-state index in [2.05, 4.69) is 15.6 Å². The van der Waals surface area contributed by atoms with Gasteiger partial charge in [-0.15, -0.1) is 0 Å². The molecule has 0 radical (unpaired) electrons. The van der Waals surface area contributed by atoms with Gasteiger partial charge in [0.1, 0.15) is 6.04 Å². The van der Waals surface area contributed by atoms with Crippen molar-refractivity contribution in [2.45, 2.75) is 46.2 Å². The summed E-state index contributed by atoms with van der Waals surface area (Å²) in [7, 11) is 0. The van der Waals surface area contributed by atoms with E-state index in [0.717, 1.165) is 11.1 Å². The number of amides is 3. The van der Waals surface area contributed by atoms with Crippen molar-refractivity contribution in [2.24, 2.45) is 17.8 Å². The number of aromatic nitrogens is 1. The molecule has 172 valence electrons. The number of carbonyl (C=O) groups is 3. The molecule has 0 saturated carbocycles. The van der Waals surface area contributed by atoms with Gasteiger partial charge in [0.2, 0.25) is 17.7 Å². The highest BCUT2D eigenvalue weighted by Crippen LogP contribution is 2.22. The molecule has 3 atom stereocenters. The van der Waals surface area contributed by atoms with Gasteiger partial charge < -0.3 is 10.6 Å². The summed E-state index contributed by atoms with van der Waals surface area (Å²) in [5, 5.41) is 14.7. The maximum Gasteiger partial charge on any atom is 0.246 e. The SMILES string of the molecule is CC(C)C[C@@H](C(=O)N[C@@H](Cc1ccccc1)C(=O)NCc1ccncc1)[C@H](C)C(=O)NO. The summed E-state index contributed by atoms with van der Waals surface area (Å²) < 4.78 is 0. The fourth-order valence-corrected chi connectivity index (χ4v) is 3.48. The summed E-state index contributed by atoms with van der Waals surface area (Å²) >= 11 is 0. The van der Waals surface area contributed by atoms with E-state index < -0.39 is 29.7 Å². The van der Waals surface area contributed by atoms with Crippen molar-refractivity contribution in [1.29, 1.82) is 0 Å². The summed E-state index contributed by atoms with van der Waals surface area (Å²) in [6.07, 6.45) is 4.05. The molecule has 0 aliphatic heterocycles. The van der Waals surface area contributed by atoms with E-state index in [0.29, 0.717) is 19.4 Å². The van der Waals surface area contributed by atoms with Gasteiger partial charge in [0.05, 0.1) is 0 Å². The summed E-state index contributed by atoms with van der Waals surface area (Å²) in [6.45, 7) is 5.80.